The van der Waals surface area contributed by atoms with E-state index in [1.54, 1.807) is 0 Å². The summed E-state index contributed by atoms with van der Waals surface area (Å²) in [5, 5.41) is 22.4. The summed E-state index contributed by atoms with van der Waals surface area (Å²) < 4.78 is 5.33. The number of ether oxygens (including phenoxy) is 1. The van der Waals surface area contributed by atoms with Crippen LogP contribution in [0.4, 0.5) is 5.69 Å². The van der Waals surface area contributed by atoms with Gasteiger partial charge in [0.1, 0.15) is 0 Å². The first-order valence-electron chi connectivity index (χ1n) is 9.54. The molecule has 2 rings (SSSR count). The molecule has 0 saturated carbocycles. The lowest BCUT2D eigenvalue weighted by atomic mass is 10.1. The van der Waals surface area contributed by atoms with Crippen LogP contribution in [0.2, 0.25) is 0 Å². The predicted molar refractivity (Wildman–Crippen MR) is 104 cm³/mol. The van der Waals surface area contributed by atoms with Crippen molar-refractivity contribution in [1.29, 1.82) is 5.26 Å². The van der Waals surface area contributed by atoms with Crippen molar-refractivity contribution < 1.29 is 9.84 Å². The van der Waals surface area contributed by atoms with Gasteiger partial charge in [0, 0.05) is 51.5 Å². The highest BCUT2D eigenvalue weighted by Gasteiger charge is 2.14. The first-order chi connectivity index (χ1) is 12.6. The van der Waals surface area contributed by atoms with E-state index in [2.05, 4.69) is 53.2 Å². The minimum Gasteiger partial charge on any atom is -0.390 e. The topological polar surface area (TPSA) is 71.8 Å². The fraction of sp³-hybridized carbons (Fsp3) is 0.650. The van der Waals surface area contributed by atoms with Gasteiger partial charge in [-0.2, -0.15) is 5.26 Å². The molecule has 0 aliphatic carbocycles. The SMILES string of the molecule is CCN(CCC#N)c1ccc(CNCC(O)CN2CCOCC2)c(C)c1. The summed E-state index contributed by atoms with van der Waals surface area (Å²) in [5.74, 6) is 0. The van der Waals surface area contributed by atoms with Crippen LogP contribution in [0.3, 0.4) is 0 Å². The Bertz CT molecular complexity index is 582. The number of hydrogen-bond acceptors (Lipinski definition) is 6. The van der Waals surface area contributed by atoms with Gasteiger partial charge in [-0.3, -0.25) is 4.90 Å². The number of nitrogens with zero attached hydrogens (tertiary/aromatic N) is 3. The first-order valence-corrected chi connectivity index (χ1v) is 9.54. The summed E-state index contributed by atoms with van der Waals surface area (Å²) in [7, 11) is 0. The van der Waals surface area contributed by atoms with E-state index in [0.29, 0.717) is 19.5 Å². The number of morpholine rings is 1. The number of anilines is 1. The monoisotopic (exact) mass is 360 g/mol. The Morgan fingerprint density at radius 2 is 2.15 bits per heavy atom. The molecule has 0 bridgehead atoms. The van der Waals surface area contributed by atoms with Crippen molar-refractivity contribution in [3.05, 3.63) is 29.3 Å². The molecule has 2 N–H and O–H groups in total. The highest BCUT2D eigenvalue weighted by atomic mass is 16.5. The average Bonchev–Trinajstić information content (AvgIpc) is 2.65. The van der Waals surface area contributed by atoms with E-state index in [0.717, 1.165) is 51.6 Å². The molecular formula is C20H32N4O2. The maximum atomic E-state index is 10.2. The minimum atomic E-state index is -0.366. The molecule has 1 aromatic rings. The smallest absolute Gasteiger partial charge is 0.0791 e. The maximum Gasteiger partial charge on any atom is 0.0791 e. The van der Waals surface area contributed by atoms with Gasteiger partial charge in [-0.05, 0) is 37.1 Å². The second kappa shape index (κ2) is 11.1. The van der Waals surface area contributed by atoms with Crippen molar-refractivity contribution in [3.63, 3.8) is 0 Å². The number of aliphatic hydroxyl groups excluding tert-OH is 1. The molecule has 26 heavy (non-hydrogen) atoms. The largest absolute Gasteiger partial charge is 0.390 e. The molecule has 6 nitrogen and oxygen atoms in total. The van der Waals surface area contributed by atoms with Crippen molar-refractivity contribution in [2.45, 2.75) is 32.9 Å². The molecule has 1 saturated heterocycles. The summed E-state index contributed by atoms with van der Waals surface area (Å²) in [6, 6.07) is 8.65. The van der Waals surface area contributed by atoms with Crippen molar-refractivity contribution in [2.24, 2.45) is 0 Å². The van der Waals surface area contributed by atoms with E-state index >= 15 is 0 Å². The lowest BCUT2D eigenvalue weighted by Crippen LogP contribution is -2.43. The Labute approximate surface area is 157 Å². The maximum absolute atomic E-state index is 10.2. The number of β-amino-alcohol motifs (C(OH)–C–C–N with tert-alkyl or cyclic N) is 1. The van der Waals surface area contributed by atoms with E-state index in [9.17, 15) is 5.11 Å². The third-order valence-corrected chi connectivity index (χ3v) is 4.83. The van der Waals surface area contributed by atoms with Crippen molar-refractivity contribution in [3.8, 4) is 6.07 Å². The highest BCUT2D eigenvalue weighted by Crippen LogP contribution is 2.19. The number of nitrogens with one attached hydrogen (secondary N) is 1. The Morgan fingerprint density at radius 3 is 2.81 bits per heavy atom. The van der Waals surface area contributed by atoms with Crippen LogP contribution in [0, 0.1) is 18.3 Å². The number of rotatable bonds is 10. The molecular weight excluding hydrogens is 328 g/mol. The summed E-state index contributed by atoms with van der Waals surface area (Å²) >= 11 is 0. The summed E-state index contributed by atoms with van der Waals surface area (Å²) in [6.45, 7) is 11.2. The normalized spacial score (nSPS) is 16.2. The van der Waals surface area contributed by atoms with Gasteiger partial charge in [0.2, 0.25) is 0 Å². The number of nitriles is 1. The Morgan fingerprint density at radius 1 is 1.38 bits per heavy atom. The summed E-state index contributed by atoms with van der Waals surface area (Å²) in [6.07, 6.45) is 0.172. The lowest BCUT2D eigenvalue weighted by molar-refractivity contribution is 0.0149. The minimum absolute atomic E-state index is 0.366. The van der Waals surface area contributed by atoms with Crippen molar-refractivity contribution in [1.82, 2.24) is 10.2 Å². The predicted octanol–water partition coefficient (Wildman–Crippen LogP) is 1.52. The van der Waals surface area contributed by atoms with Crippen LogP contribution in [0.5, 0.6) is 0 Å². The number of aliphatic hydroxyl groups is 1. The Balaban J connectivity index is 1.79. The molecule has 0 amide bonds. The van der Waals surface area contributed by atoms with Gasteiger partial charge < -0.3 is 20.1 Å². The second-order valence-electron chi connectivity index (χ2n) is 6.80. The zero-order valence-corrected chi connectivity index (χ0v) is 16.1. The third kappa shape index (κ3) is 6.58. The van der Waals surface area contributed by atoms with Crippen LogP contribution < -0.4 is 10.2 Å². The molecule has 0 radical (unpaired) electrons. The fourth-order valence-electron chi connectivity index (χ4n) is 3.25. The van der Waals surface area contributed by atoms with Gasteiger partial charge in [0.05, 0.1) is 31.8 Å². The van der Waals surface area contributed by atoms with Crippen molar-refractivity contribution in [2.75, 3.05) is 57.4 Å². The molecule has 1 fully saturated rings. The molecule has 0 spiro atoms. The fourth-order valence-corrected chi connectivity index (χ4v) is 3.25. The Hall–Kier alpha value is -1.65. The molecule has 1 atom stereocenters. The number of benzene rings is 1. The molecule has 144 valence electrons. The van der Waals surface area contributed by atoms with E-state index in [1.807, 2.05) is 0 Å². The van der Waals surface area contributed by atoms with Crippen molar-refractivity contribution >= 4 is 5.69 Å². The molecule has 6 heteroatoms. The Kier molecular flexibility index (Phi) is 8.86. The van der Waals surface area contributed by atoms with Gasteiger partial charge in [-0.1, -0.05) is 6.07 Å². The van der Waals surface area contributed by atoms with Crippen LogP contribution in [0.1, 0.15) is 24.5 Å². The van der Waals surface area contributed by atoms with Gasteiger partial charge in [0.15, 0.2) is 0 Å². The van der Waals surface area contributed by atoms with E-state index in [-0.39, 0.29) is 6.10 Å². The molecule has 1 aliphatic heterocycles. The van der Waals surface area contributed by atoms with E-state index in [4.69, 9.17) is 10.00 Å². The summed E-state index contributed by atoms with van der Waals surface area (Å²) in [4.78, 5) is 4.47. The highest BCUT2D eigenvalue weighted by molar-refractivity contribution is 5.50. The van der Waals surface area contributed by atoms with Gasteiger partial charge in [-0.15, -0.1) is 0 Å². The van der Waals surface area contributed by atoms with Crippen LogP contribution in [0.15, 0.2) is 18.2 Å². The van der Waals surface area contributed by atoms with E-state index < -0.39 is 0 Å². The van der Waals surface area contributed by atoms with Crippen LogP contribution in [-0.4, -0.2) is 68.6 Å². The van der Waals surface area contributed by atoms with E-state index in [1.165, 1.54) is 11.1 Å². The summed E-state index contributed by atoms with van der Waals surface area (Å²) in [5.41, 5.74) is 3.63. The molecule has 1 heterocycles. The first kappa shape index (κ1) is 20.7. The molecule has 1 aromatic carbocycles. The lowest BCUT2D eigenvalue weighted by Gasteiger charge is -2.28. The quantitative estimate of drug-likeness (QED) is 0.659. The van der Waals surface area contributed by atoms with Crippen LogP contribution >= 0.6 is 0 Å². The van der Waals surface area contributed by atoms with Gasteiger partial charge in [-0.25, -0.2) is 0 Å². The zero-order chi connectivity index (χ0) is 18.8. The molecule has 0 aromatic heterocycles. The van der Waals surface area contributed by atoms with Crippen LogP contribution in [0.25, 0.3) is 0 Å². The van der Waals surface area contributed by atoms with Crippen LogP contribution in [-0.2, 0) is 11.3 Å². The average molecular weight is 361 g/mol. The van der Waals surface area contributed by atoms with Gasteiger partial charge >= 0.3 is 0 Å². The molecule has 1 unspecified atom stereocenters. The molecule has 1 aliphatic rings. The number of hydrogen-bond donors (Lipinski definition) is 2. The number of aryl methyl sites for hydroxylation is 1. The zero-order valence-electron chi connectivity index (χ0n) is 16.1. The van der Waals surface area contributed by atoms with Gasteiger partial charge in [0.25, 0.3) is 0 Å². The second-order valence-corrected chi connectivity index (χ2v) is 6.80. The third-order valence-electron chi connectivity index (χ3n) is 4.83. The standard InChI is InChI=1S/C20H32N4O2/c1-3-24(8-4-7-21)19-6-5-18(17(2)13-19)14-22-15-20(25)16-23-9-11-26-12-10-23/h5-6,13,20,22,25H,3-4,8-12,14-16H2,1-2H3.